The second kappa shape index (κ2) is 5.44. The van der Waals surface area contributed by atoms with E-state index in [0.29, 0.717) is 10.7 Å². The molecule has 3 amide bonds. The molecule has 0 radical (unpaired) electrons. The molecular formula is C15H8Cl2N2O3. The van der Waals surface area contributed by atoms with E-state index in [-0.39, 0.29) is 21.7 Å². The lowest BCUT2D eigenvalue weighted by Gasteiger charge is -2.08. The molecule has 3 rings (SSSR count). The van der Waals surface area contributed by atoms with Gasteiger partial charge in [-0.3, -0.25) is 19.7 Å². The van der Waals surface area contributed by atoms with Gasteiger partial charge in [0.25, 0.3) is 17.7 Å². The third-order valence-corrected chi connectivity index (χ3v) is 3.72. The zero-order valence-corrected chi connectivity index (χ0v) is 12.5. The van der Waals surface area contributed by atoms with Crippen molar-refractivity contribution in [3.05, 3.63) is 63.1 Å². The standard InChI is InChI=1S/C15H8Cl2N2O3/c16-7-1-3-10(12(17)5-7)14(21)18-8-2-4-9-11(6-8)15(22)19-13(9)20/h1-6H,(H,18,21)(H,19,20,22). The van der Waals surface area contributed by atoms with Gasteiger partial charge in [-0.2, -0.15) is 0 Å². The van der Waals surface area contributed by atoms with E-state index in [1.54, 1.807) is 12.1 Å². The maximum atomic E-state index is 12.2. The fourth-order valence-corrected chi connectivity index (χ4v) is 2.61. The van der Waals surface area contributed by atoms with Crippen molar-refractivity contribution in [2.45, 2.75) is 0 Å². The van der Waals surface area contributed by atoms with Crippen LogP contribution in [-0.2, 0) is 0 Å². The van der Waals surface area contributed by atoms with Crippen LogP contribution in [0.1, 0.15) is 31.1 Å². The van der Waals surface area contributed by atoms with Gasteiger partial charge in [-0.05, 0) is 36.4 Å². The monoisotopic (exact) mass is 334 g/mol. The molecule has 0 fully saturated rings. The summed E-state index contributed by atoms with van der Waals surface area (Å²) >= 11 is 11.8. The molecule has 0 unspecified atom stereocenters. The number of rotatable bonds is 2. The van der Waals surface area contributed by atoms with Crippen LogP contribution in [0.2, 0.25) is 10.0 Å². The Balaban J connectivity index is 1.88. The summed E-state index contributed by atoms with van der Waals surface area (Å²) in [6.45, 7) is 0. The van der Waals surface area contributed by atoms with Gasteiger partial charge in [0, 0.05) is 10.7 Å². The molecule has 2 aromatic carbocycles. The Morgan fingerprint density at radius 3 is 2.41 bits per heavy atom. The van der Waals surface area contributed by atoms with Gasteiger partial charge in [0.1, 0.15) is 0 Å². The fraction of sp³-hybridized carbons (Fsp3) is 0. The zero-order valence-electron chi connectivity index (χ0n) is 10.9. The van der Waals surface area contributed by atoms with Gasteiger partial charge in [-0.25, -0.2) is 0 Å². The highest BCUT2D eigenvalue weighted by molar-refractivity contribution is 6.37. The first-order chi connectivity index (χ1) is 10.5. The average Bonchev–Trinajstić information content (AvgIpc) is 2.73. The molecule has 1 aliphatic rings. The first-order valence-electron chi connectivity index (χ1n) is 6.22. The van der Waals surface area contributed by atoms with Crippen LogP contribution < -0.4 is 10.6 Å². The molecule has 22 heavy (non-hydrogen) atoms. The van der Waals surface area contributed by atoms with Crippen LogP contribution in [-0.4, -0.2) is 17.7 Å². The molecule has 0 bridgehead atoms. The summed E-state index contributed by atoms with van der Waals surface area (Å²) in [5.41, 5.74) is 1.16. The van der Waals surface area contributed by atoms with E-state index >= 15 is 0 Å². The summed E-state index contributed by atoms with van der Waals surface area (Å²) < 4.78 is 0. The molecular weight excluding hydrogens is 327 g/mol. The van der Waals surface area contributed by atoms with Gasteiger partial charge in [-0.1, -0.05) is 23.2 Å². The quantitative estimate of drug-likeness (QED) is 0.828. The summed E-state index contributed by atoms with van der Waals surface area (Å²) in [5, 5.41) is 5.46. The Labute approximate surface area is 135 Å². The lowest BCUT2D eigenvalue weighted by molar-refractivity contribution is 0.0878. The number of nitrogens with one attached hydrogen (secondary N) is 2. The van der Waals surface area contributed by atoms with Crippen LogP contribution >= 0.6 is 23.2 Å². The van der Waals surface area contributed by atoms with E-state index in [0.717, 1.165) is 0 Å². The largest absolute Gasteiger partial charge is 0.322 e. The minimum absolute atomic E-state index is 0.221. The second-order valence-corrected chi connectivity index (χ2v) is 5.47. The number of anilines is 1. The maximum Gasteiger partial charge on any atom is 0.259 e. The van der Waals surface area contributed by atoms with Crippen molar-refractivity contribution in [3.63, 3.8) is 0 Å². The van der Waals surface area contributed by atoms with Gasteiger partial charge >= 0.3 is 0 Å². The number of carbonyl (C=O) groups is 3. The van der Waals surface area contributed by atoms with Gasteiger partial charge in [-0.15, -0.1) is 0 Å². The molecule has 110 valence electrons. The maximum absolute atomic E-state index is 12.2. The van der Waals surface area contributed by atoms with E-state index in [9.17, 15) is 14.4 Å². The highest BCUT2D eigenvalue weighted by Crippen LogP contribution is 2.24. The smallest absolute Gasteiger partial charge is 0.259 e. The minimum atomic E-state index is -0.486. The van der Waals surface area contributed by atoms with Crippen molar-refractivity contribution >= 4 is 46.6 Å². The number of hydrogen-bond donors (Lipinski definition) is 2. The van der Waals surface area contributed by atoms with E-state index < -0.39 is 17.7 Å². The Bertz CT molecular complexity index is 834. The number of amides is 3. The van der Waals surface area contributed by atoms with Crippen LogP contribution in [0.25, 0.3) is 0 Å². The van der Waals surface area contributed by atoms with Crippen LogP contribution in [0.15, 0.2) is 36.4 Å². The molecule has 0 spiro atoms. The van der Waals surface area contributed by atoms with Crippen LogP contribution in [0, 0.1) is 0 Å². The SMILES string of the molecule is O=C(Nc1ccc2c(c1)C(=O)NC2=O)c1ccc(Cl)cc1Cl. The molecule has 2 aromatic rings. The Morgan fingerprint density at radius 2 is 1.68 bits per heavy atom. The number of hydrogen-bond acceptors (Lipinski definition) is 3. The van der Waals surface area contributed by atoms with Gasteiger partial charge in [0.05, 0.1) is 21.7 Å². The Morgan fingerprint density at radius 1 is 0.955 bits per heavy atom. The number of benzene rings is 2. The van der Waals surface area contributed by atoms with Crippen LogP contribution in [0.3, 0.4) is 0 Å². The van der Waals surface area contributed by atoms with Gasteiger partial charge < -0.3 is 5.32 Å². The Kier molecular flexibility index (Phi) is 3.60. The number of carbonyl (C=O) groups excluding carboxylic acids is 3. The molecule has 0 saturated heterocycles. The molecule has 1 aliphatic heterocycles. The van der Waals surface area contributed by atoms with Gasteiger partial charge in [0.2, 0.25) is 0 Å². The number of halogens is 2. The summed E-state index contributed by atoms with van der Waals surface area (Å²) in [4.78, 5) is 35.2. The third kappa shape index (κ3) is 2.56. The van der Waals surface area contributed by atoms with Crippen molar-refractivity contribution in [1.29, 1.82) is 0 Å². The normalized spacial score (nSPS) is 12.8. The molecule has 7 heteroatoms. The van der Waals surface area contributed by atoms with E-state index in [1.165, 1.54) is 24.3 Å². The topological polar surface area (TPSA) is 75.3 Å². The predicted molar refractivity (Wildman–Crippen MR) is 82.7 cm³/mol. The second-order valence-electron chi connectivity index (χ2n) is 4.62. The Hall–Kier alpha value is -2.37. The molecule has 0 saturated carbocycles. The van der Waals surface area contributed by atoms with Crippen molar-refractivity contribution in [3.8, 4) is 0 Å². The molecule has 2 N–H and O–H groups in total. The van der Waals surface area contributed by atoms with Crippen LogP contribution in [0.4, 0.5) is 5.69 Å². The molecule has 0 atom stereocenters. The molecule has 0 aliphatic carbocycles. The lowest BCUT2D eigenvalue weighted by Crippen LogP contribution is -2.19. The summed E-state index contributed by atoms with van der Waals surface area (Å²) in [5.74, 6) is -1.37. The summed E-state index contributed by atoms with van der Waals surface area (Å²) in [6.07, 6.45) is 0. The highest BCUT2D eigenvalue weighted by atomic mass is 35.5. The third-order valence-electron chi connectivity index (χ3n) is 3.17. The molecule has 5 nitrogen and oxygen atoms in total. The van der Waals surface area contributed by atoms with E-state index in [2.05, 4.69) is 10.6 Å². The summed E-state index contributed by atoms with van der Waals surface area (Å²) in [6, 6.07) is 8.98. The molecule has 0 aromatic heterocycles. The first-order valence-corrected chi connectivity index (χ1v) is 6.97. The molecule has 1 heterocycles. The number of imide groups is 1. The fourth-order valence-electron chi connectivity index (χ4n) is 2.12. The van der Waals surface area contributed by atoms with Crippen molar-refractivity contribution in [2.24, 2.45) is 0 Å². The van der Waals surface area contributed by atoms with Crippen molar-refractivity contribution in [2.75, 3.05) is 5.32 Å². The van der Waals surface area contributed by atoms with E-state index in [1.807, 2.05) is 0 Å². The average molecular weight is 335 g/mol. The first kappa shape index (κ1) is 14.6. The number of fused-ring (bicyclic) bond motifs is 1. The van der Waals surface area contributed by atoms with Crippen LogP contribution in [0.5, 0.6) is 0 Å². The highest BCUT2D eigenvalue weighted by Gasteiger charge is 2.26. The van der Waals surface area contributed by atoms with Crippen molar-refractivity contribution < 1.29 is 14.4 Å². The predicted octanol–water partition coefficient (Wildman–Crippen LogP) is 3.13. The zero-order chi connectivity index (χ0) is 15.9. The minimum Gasteiger partial charge on any atom is -0.322 e. The lowest BCUT2D eigenvalue weighted by atomic mass is 10.1. The van der Waals surface area contributed by atoms with Gasteiger partial charge in [0.15, 0.2) is 0 Å². The van der Waals surface area contributed by atoms with Crippen molar-refractivity contribution in [1.82, 2.24) is 5.32 Å². The summed E-state index contributed by atoms with van der Waals surface area (Å²) in [7, 11) is 0. The van der Waals surface area contributed by atoms with E-state index in [4.69, 9.17) is 23.2 Å².